The Morgan fingerprint density at radius 3 is 2.60 bits per heavy atom. The molecule has 1 N–H and O–H groups in total. The van der Waals surface area contributed by atoms with Crippen LogP contribution in [0.4, 0.5) is 0 Å². The number of piperidine rings is 1. The Labute approximate surface area is 155 Å². The SMILES string of the molecule is CCS(=O)(=O)N1CCC(C(=O)NCCSCc2ccccc2C)CC1. The lowest BCUT2D eigenvalue weighted by molar-refractivity contribution is -0.125. The lowest BCUT2D eigenvalue weighted by Gasteiger charge is -2.30. The number of nitrogens with zero attached hydrogens (tertiary/aromatic N) is 1. The van der Waals surface area contributed by atoms with Crippen molar-refractivity contribution >= 4 is 27.7 Å². The second-order valence-electron chi connectivity index (χ2n) is 6.34. The smallest absolute Gasteiger partial charge is 0.223 e. The second-order valence-corrected chi connectivity index (χ2v) is 9.71. The molecule has 0 atom stereocenters. The fourth-order valence-electron chi connectivity index (χ4n) is 2.92. The van der Waals surface area contributed by atoms with E-state index in [1.807, 2.05) is 17.8 Å². The van der Waals surface area contributed by atoms with E-state index >= 15 is 0 Å². The monoisotopic (exact) mass is 384 g/mol. The number of amides is 1. The van der Waals surface area contributed by atoms with Crippen molar-refractivity contribution < 1.29 is 13.2 Å². The molecule has 0 unspecified atom stereocenters. The molecule has 0 spiro atoms. The first kappa shape index (κ1) is 20.3. The molecule has 0 aromatic heterocycles. The Hall–Kier alpha value is -1.05. The number of sulfonamides is 1. The number of hydrogen-bond acceptors (Lipinski definition) is 4. The fourth-order valence-corrected chi connectivity index (χ4v) is 4.99. The molecule has 5 nitrogen and oxygen atoms in total. The molecule has 0 radical (unpaired) electrons. The van der Waals surface area contributed by atoms with Gasteiger partial charge in [-0.15, -0.1) is 0 Å². The van der Waals surface area contributed by atoms with Crippen LogP contribution in [0.1, 0.15) is 30.9 Å². The highest BCUT2D eigenvalue weighted by atomic mass is 32.2. The third-order valence-corrected chi connectivity index (χ3v) is 7.54. The average Bonchev–Trinajstić information content (AvgIpc) is 2.63. The van der Waals surface area contributed by atoms with Crippen LogP contribution in [0.15, 0.2) is 24.3 Å². The van der Waals surface area contributed by atoms with E-state index in [0.29, 0.717) is 32.5 Å². The van der Waals surface area contributed by atoms with Gasteiger partial charge in [-0.3, -0.25) is 4.79 Å². The van der Waals surface area contributed by atoms with Gasteiger partial charge in [-0.05, 0) is 37.8 Å². The molecule has 1 heterocycles. The third kappa shape index (κ3) is 6.01. The summed E-state index contributed by atoms with van der Waals surface area (Å²) >= 11 is 1.81. The van der Waals surface area contributed by atoms with Gasteiger partial charge in [-0.25, -0.2) is 12.7 Å². The number of benzene rings is 1. The molecule has 1 aliphatic rings. The van der Waals surface area contributed by atoms with Crippen LogP contribution >= 0.6 is 11.8 Å². The van der Waals surface area contributed by atoms with Gasteiger partial charge in [0.2, 0.25) is 15.9 Å². The Morgan fingerprint density at radius 1 is 1.28 bits per heavy atom. The fraction of sp³-hybridized carbons (Fsp3) is 0.611. The van der Waals surface area contributed by atoms with Crippen molar-refractivity contribution in [3.8, 4) is 0 Å². The summed E-state index contributed by atoms with van der Waals surface area (Å²) in [6.45, 7) is 5.33. The Kier molecular flexibility index (Phi) is 7.78. The molecule has 1 aromatic carbocycles. The third-order valence-electron chi connectivity index (χ3n) is 4.65. The number of hydrogen-bond donors (Lipinski definition) is 1. The summed E-state index contributed by atoms with van der Waals surface area (Å²) < 4.78 is 25.2. The number of carbonyl (C=O) groups is 1. The van der Waals surface area contributed by atoms with Gasteiger partial charge in [0.25, 0.3) is 0 Å². The summed E-state index contributed by atoms with van der Waals surface area (Å²) in [7, 11) is -3.13. The first-order valence-corrected chi connectivity index (χ1v) is 11.6. The number of aryl methyl sites for hydroxylation is 1. The zero-order valence-corrected chi connectivity index (χ0v) is 16.7. The predicted octanol–water partition coefficient (Wildman–Crippen LogP) is 2.41. The zero-order chi connectivity index (χ0) is 18.3. The average molecular weight is 385 g/mol. The van der Waals surface area contributed by atoms with Gasteiger partial charge in [-0.2, -0.15) is 11.8 Å². The van der Waals surface area contributed by atoms with Crippen molar-refractivity contribution in [3.63, 3.8) is 0 Å². The molecule has 0 aliphatic carbocycles. The quantitative estimate of drug-likeness (QED) is 0.699. The molecule has 0 bridgehead atoms. The van der Waals surface area contributed by atoms with E-state index in [1.54, 1.807) is 6.92 Å². The summed E-state index contributed by atoms with van der Waals surface area (Å²) in [5.41, 5.74) is 2.64. The first-order valence-electron chi connectivity index (χ1n) is 8.82. The molecular weight excluding hydrogens is 356 g/mol. The van der Waals surface area contributed by atoms with Crippen molar-refractivity contribution in [1.82, 2.24) is 9.62 Å². The van der Waals surface area contributed by atoms with Crippen molar-refractivity contribution in [1.29, 1.82) is 0 Å². The Morgan fingerprint density at radius 2 is 1.96 bits per heavy atom. The van der Waals surface area contributed by atoms with E-state index < -0.39 is 10.0 Å². The minimum Gasteiger partial charge on any atom is -0.355 e. The number of rotatable bonds is 8. The maximum atomic E-state index is 12.2. The molecular formula is C18H28N2O3S2. The van der Waals surface area contributed by atoms with E-state index in [-0.39, 0.29) is 17.6 Å². The summed E-state index contributed by atoms with van der Waals surface area (Å²) in [6.07, 6.45) is 1.23. The van der Waals surface area contributed by atoms with Crippen molar-refractivity contribution in [2.45, 2.75) is 32.4 Å². The molecule has 140 valence electrons. The molecule has 7 heteroatoms. The summed E-state index contributed by atoms with van der Waals surface area (Å²) in [6, 6.07) is 8.35. The predicted molar refractivity (Wildman–Crippen MR) is 104 cm³/mol. The van der Waals surface area contributed by atoms with E-state index in [4.69, 9.17) is 0 Å². The maximum absolute atomic E-state index is 12.2. The molecule has 1 saturated heterocycles. The maximum Gasteiger partial charge on any atom is 0.223 e. The van der Waals surface area contributed by atoms with Crippen LogP contribution in [-0.4, -0.2) is 49.8 Å². The minimum absolute atomic E-state index is 0.0602. The van der Waals surface area contributed by atoms with Crippen LogP contribution in [0.2, 0.25) is 0 Å². The van der Waals surface area contributed by atoms with E-state index in [1.165, 1.54) is 15.4 Å². The van der Waals surface area contributed by atoms with Crippen LogP contribution in [0.5, 0.6) is 0 Å². The van der Waals surface area contributed by atoms with Crippen LogP contribution < -0.4 is 5.32 Å². The van der Waals surface area contributed by atoms with Gasteiger partial charge in [0.05, 0.1) is 5.75 Å². The van der Waals surface area contributed by atoms with Crippen molar-refractivity contribution in [2.75, 3.05) is 31.1 Å². The van der Waals surface area contributed by atoms with Gasteiger partial charge in [0.1, 0.15) is 0 Å². The molecule has 25 heavy (non-hydrogen) atoms. The van der Waals surface area contributed by atoms with Crippen molar-refractivity contribution in [3.05, 3.63) is 35.4 Å². The zero-order valence-electron chi connectivity index (χ0n) is 15.0. The van der Waals surface area contributed by atoms with E-state index in [2.05, 4.69) is 30.4 Å². The van der Waals surface area contributed by atoms with Crippen LogP contribution in [0, 0.1) is 12.8 Å². The molecule has 1 amide bonds. The van der Waals surface area contributed by atoms with Crippen LogP contribution in [0.25, 0.3) is 0 Å². The molecule has 1 fully saturated rings. The topological polar surface area (TPSA) is 66.5 Å². The number of thioether (sulfide) groups is 1. The number of nitrogens with one attached hydrogen (secondary N) is 1. The minimum atomic E-state index is -3.13. The molecule has 1 aliphatic heterocycles. The lowest BCUT2D eigenvalue weighted by Crippen LogP contribution is -2.43. The van der Waals surface area contributed by atoms with Crippen LogP contribution in [-0.2, 0) is 20.6 Å². The first-order chi connectivity index (χ1) is 11.9. The highest BCUT2D eigenvalue weighted by Gasteiger charge is 2.29. The van der Waals surface area contributed by atoms with E-state index in [0.717, 1.165) is 11.5 Å². The van der Waals surface area contributed by atoms with Gasteiger partial charge < -0.3 is 5.32 Å². The van der Waals surface area contributed by atoms with Gasteiger partial charge >= 0.3 is 0 Å². The van der Waals surface area contributed by atoms with Gasteiger partial charge in [-0.1, -0.05) is 24.3 Å². The van der Waals surface area contributed by atoms with E-state index in [9.17, 15) is 13.2 Å². The summed E-state index contributed by atoms with van der Waals surface area (Å²) in [4.78, 5) is 12.2. The lowest BCUT2D eigenvalue weighted by atomic mass is 9.97. The Balaban J connectivity index is 1.64. The van der Waals surface area contributed by atoms with Gasteiger partial charge in [0, 0.05) is 37.1 Å². The number of carbonyl (C=O) groups excluding carboxylic acids is 1. The largest absolute Gasteiger partial charge is 0.355 e. The standard InChI is InChI=1S/C18H28N2O3S2/c1-3-25(22,23)20-11-8-16(9-12-20)18(21)19-10-13-24-14-17-7-5-4-6-15(17)2/h4-7,16H,3,8-14H2,1-2H3,(H,19,21). The molecule has 2 rings (SSSR count). The van der Waals surface area contributed by atoms with Gasteiger partial charge in [0.15, 0.2) is 0 Å². The van der Waals surface area contributed by atoms with Crippen LogP contribution in [0.3, 0.4) is 0 Å². The molecule has 1 aromatic rings. The summed E-state index contributed by atoms with van der Waals surface area (Å²) in [5.74, 6) is 1.95. The highest BCUT2D eigenvalue weighted by Crippen LogP contribution is 2.20. The molecule has 0 saturated carbocycles. The second kappa shape index (κ2) is 9.59. The Bertz CT molecular complexity index is 669. The summed E-state index contributed by atoms with van der Waals surface area (Å²) in [5, 5.41) is 2.99. The van der Waals surface area contributed by atoms with Crippen molar-refractivity contribution in [2.24, 2.45) is 5.92 Å². The normalized spacial score (nSPS) is 16.7. The highest BCUT2D eigenvalue weighted by molar-refractivity contribution is 7.98.